The van der Waals surface area contributed by atoms with Crippen molar-refractivity contribution in [2.45, 2.75) is 19.4 Å². The number of para-hydroxylation sites is 1. The minimum Gasteiger partial charge on any atom is -0.362 e. The summed E-state index contributed by atoms with van der Waals surface area (Å²) in [6, 6.07) is 14.9. The van der Waals surface area contributed by atoms with E-state index in [0.29, 0.717) is 11.6 Å². The van der Waals surface area contributed by atoms with Gasteiger partial charge in [-0.3, -0.25) is 0 Å². The van der Waals surface area contributed by atoms with Crippen LogP contribution in [0.2, 0.25) is 5.02 Å². The fourth-order valence-corrected chi connectivity index (χ4v) is 4.88. The van der Waals surface area contributed by atoms with Crippen molar-refractivity contribution in [2.75, 3.05) is 23.7 Å². The van der Waals surface area contributed by atoms with Crippen LogP contribution in [-0.2, 0) is 0 Å². The van der Waals surface area contributed by atoms with E-state index >= 15 is 0 Å². The third-order valence-corrected chi connectivity index (χ3v) is 6.98. The van der Waals surface area contributed by atoms with Crippen LogP contribution in [0.5, 0.6) is 0 Å². The standard InChI is InChI=1S/C25H23ClFN5S/c1-15(22-6-3-13-33-22)29-24-19-5-2-4-18(16-9-11-28-12-10-16)23(19)31-25(32-24)30-17-7-8-21(27)20(26)14-17/h2-9,13-15,28H,10-12H2,1H3,(H2,29,30,31,32). The molecule has 0 radical (unpaired) electrons. The largest absolute Gasteiger partial charge is 0.362 e. The molecular formula is C25H23ClFN5S. The predicted molar refractivity (Wildman–Crippen MR) is 136 cm³/mol. The molecule has 168 valence electrons. The second kappa shape index (κ2) is 9.47. The number of hydrogen-bond acceptors (Lipinski definition) is 6. The molecule has 4 aromatic rings. The smallest absolute Gasteiger partial charge is 0.229 e. The lowest BCUT2D eigenvalue weighted by atomic mass is 9.97. The van der Waals surface area contributed by atoms with Crippen LogP contribution in [0.1, 0.15) is 29.8 Å². The average molecular weight is 480 g/mol. The summed E-state index contributed by atoms with van der Waals surface area (Å²) >= 11 is 7.68. The summed E-state index contributed by atoms with van der Waals surface area (Å²) in [5.74, 6) is 0.704. The van der Waals surface area contributed by atoms with Crippen LogP contribution < -0.4 is 16.0 Å². The molecule has 33 heavy (non-hydrogen) atoms. The summed E-state index contributed by atoms with van der Waals surface area (Å²) in [5.41, 5.74) is 3.86. The van der Waals surface area contributed by atoms with Crippen molar-refractivity contribution in [1.29, 1.82) is 0 Å². The monoisotopic (exact) mass is 479 g/mol. The number of nitrogens with one attached hydrogen (secondary N) is 3. The molecule has 0 bridgehead atoms. The van der Waals surface area contributed by atoms with Gasteiger partial charge in [0.05, 0.1) is 16.6 Å². The molecule has 8 heteroatoms. The van der Waals surface area contributed by atoms with Gasteiger partial charge in [-0.2, -0.15) is 4.98 Å². The molecule has 2 aromatic carbocycles. The Morgan fingerprint density at radius 2 is 2.06 bits per heavy atom. The van der Waals surface area contributed by atoms with Gasteiger partial charge >= 0.3 is 0 Å². The Labute approximate surface area is 200 Å². The predicted octanol–water partition coefficient (Wildman–Crippen LogP) is 6.78. The topological polar surface area (TPSA) is 61.9 Å². The van der Waals surface area contributed by atoms with Crippen molar-refractivity contribution in [3.05, 3.63) is 81.3 Å². The highest BCUT2D eigenvalue weighted by Gasteiger charge is 2.17. The van der Waals surface area contributed by atoms with E-state index in [4.69, 9.17) is 21.6 Å². The Morgan fingerprint density at radius 3 is 2.82 bits per heavy atom. The van der Waals surface area contributed by atoms with Crippen LogP contribution in [0, 0.1) is 5.82 Å². The molecule has 0 amide bonds. The van der Waals surface area contributed by atoms with Crippen LogP contribution >= 0.6 is 22.9 Å². The molecule has 1 aliphatic heterocycles. The molecule has 1 atom stereocenters. The normalized spacial score (nSPS) is 14.7. The maximum atomic E-state index is 13.6. The van der Waals surface area contributed by atoms with Gasteiger partial charge in [0.2, 0.25) is 5.95 Å². The van der Waals surface area contributed by atoms with Crippen molar-refractivity contribution in [2.24, 2.45) is 0 Å². The van der Waals surface area contributed by atoms with Crippen molar-refractivity contribution in [3.8, 4) is 0 Å². The summed E-state index contributed by atoms with van der Waals surface area (Å²) in [4.78, 5) is 10.9. The molecule has 0 fully saturated rings. The van der Waals surface area contributed by atoms with E-state index in [1.165, 1.54) is 22.6 Å². The first-order valence-corrected chi connectivity index (χ1v) is 12.1. The van der Waals surface area contributed by atoms with E-state index in [2.05, 4.69) is 52.5 Å². The number of thiophene rings is 1. The molecule has 0 saturated heterocycles. The Morgan fingerprint density at radius 1 is 1.15 bits per heavy atom. The Bertz CT molecular complexity index is 1320. The van der Waals surface area contributed by atoms with Gasteiger partial charge < -0.3 is 16.0 Å². The molecule has 1 unspecified atom stereocenters. The zero-order valence-electron chi connectivity index (χ0n) is 18.0. The van der Waals surface area contributed by atoms with Crippen LogP contribution in [0.3, 0.4) is 0 Å². The van der Waals surface area contributed by atoms with E-state index in [-0.39, 0.29) is 11.1 Å². The van der Waals surface area contributed by atoms with Gasteiger partial charge in [-0.1, -0.05) is 35.9 Å². The van der Waals surface area contributed by atoms with Crippen LogP contribution in [0.4, 0.5) is 21.8 Å². The van der Waals surface area contributed by atoms with Gasteiger partial charge in [-0.15, -0.1) is 11.3 Å². The zero-order chi connectivity index (χ0) is 22.8. The molecular weight excluding hydrogens is 457 g/mol. The summed E-state index contributed by atoms with van der Waals surface area (Å²) in [6.45, 7) is 3.90. The van der Waals surface area contributed by atoms with Gasteiger partial charge in [-0.25, -0.2) is 9.37 Å². The van der Waals surface area contributed by atoms with Crippen LogP contribution in [-0.4, -0.2) is 23.1 Å². The third-order valence-electron chi connectivity index (χ3n) is 5.64. The van der Waals surface area contributed by atoms with Crippen LogP contribution in [0.15, 0.2) is 60.0 Å². The first kappa shape index (κ1) is 21.8. The lowest BCUT2D eigenvalue weighted by Crippen LogP contribution is -2.20. The van der Waals surface area contributed by atoms with Gasteiger partial charge in [-0.05, 0) is 61.2 Å². The summed E-state index contributed by atoms with van der Waals surface area (Å²) in [6.07, 6.45) is 3.16. The second-order valence-corrected chi connectivity index (χ2v) is 9.30. The van der Waals surface area contributed by atoms with Crippen molar-refractivity contribution in [3.63, 3.8) is 0 Å². The van der Waals surface area contributed by atoms with E-state index < -0.39 is 5.82 Å². The highest BCUT2D eigenvalue weighted by Crippen LogP contribution is 2.33. The van der Waals surface area contributed by atoms with Crippen molar-refractivity contribution < 1.29 is 4.39 Å². The number of rotatable bonds is 6. The number of hydrogen-bond donors (Lipinski definition) is 3. The minimum atomic E-state index is -0.464. The number of anilines is 3. The van der Waals surface area contributed by atoms with E-state index in [0.717, 1.165) is 41.8 Å². The average Bonchev–Trinajstić information content (AvgIpc) is 3.37. The molecule has 5 rings (SSSR count). The summed E-state index contributed by atoms with van der Waals surface area (Å²) in [7, 11) is 0. The van der Waals surface area contributed by atoms with E-state index in [1.807, 2.05) is 12.1 Å². The maximum absolute atomic E-state index is 13.6. The third kappa shape index (κ3) is 4.71. The van der Waals surface area contributed by atoms with E-state index in [1.54, 1.807) is 17.4 Å². The first-order valence-electron chi connectivity index (χ1n) is 10.8. The second-order valence-electron chi connectivity index (χ2n) is 7.92. The number of nitrogens with zero attached hydrogens (tertiary/aromatic N) is 2. The highest BCUT2D eigenvalue weighted by atomic mass is 35.5. The molecule has 2 aromatic heterocycles. The lowest BCUT2D eigenvalue weighted by Gasteiger charge is -2.19. The number of aromatic nitrogens is 2. The quantitative estimate of drug-likeness (QED) is 0.284. The lowest BCUT2D eigenvalue weighted by molar-refractivity contribution is 0.628. The Hall–Kier alpha value is -3.00. The van der Waals surface area contributed by atoms with Gasteiger partial charge in [0.15, 0.2) is 0 Å². The molecule has 0 spiro atoms. The fourth-order valence-electron chi connectivity index (χ4n) is 3.96. The molecule has 5 nitrogen and oxygen atoms in total. The Balaban J connectivity index is 1.61. The molecule has 0 aliphatic carbocycles. The van der Waals surface area contributed by atoms with Gasteiger partial charge in [0, 0.05) is 28.1 Å². The maximum Gasteiger partial charge on any atom is 0.229 e. The molecule has 1 aliphatic rings. The fraction of sp³-hybridized carbons (Fsp3) is 0.200. The number of halogens is 2. The minimum absolute atomic E-state index is 0.0472. The van der Waals surface area contributed by atoms with Crippen LogP contribution in [0.25, 0.3) is 16.5 Å². The number of benzene rings is 2. The number of fused-ring (bicyclic) bond motifs is 1. The summed E-state index contributed by atoms with van der Waals surface area (Å²) in [5, 5.41) is 13.2. The molecule has 3 N–H and O–H groups in total. The van der Waals surface area contributed by atoms with Crippen molar-refractivity contribution >= 4 is 56.9 Å². The zero-order valence-corrected chi connectivity index (χ0v) is 19.6. The van der Waals surface area contributed by atoms with E-state index in [9.17, 15) is 4.39 Å². The SMILES string of the molecule is CC(Nc1nc(Nc2ccc(F)c(Cl)c2)nc2c(C3=CCNCC3)cccc12)c1cccs1. The van der Waals surface area contributed by atoms with Gasteiger partial charge in [0.25, 0.3) is 0 Å². The molecule has 0 saturated carbocycles. The van der Waals surface area contributed by atoms with Gasteiger partial charge in [0.1, 0.15) is 11.6 Å². The Kier molecular flexibility index (Phi) is 6.26. The molecule has 3 heterocycles. The first-order chi connectivity index (χ1) is 16.1. The van der Waals surface area contributed by atoms with Crippen molar-refractivity contribution in [1.82, 2.24) is 15.3 Å². The summed E-state index contributed by atoms with van der Waals surface area (Å²) < 4.78 is 13.6. The highest BCUT2D eigenvalue weighted by molar-refractivity contribution is 7.10.